The van der Waals surface area contributed by atoms with Gasteiger partial charge in [-0.15, -0.1) is 0 Å². The second-order valence-electron chi connectivity index (χ2n) is 4.12. The Hall–Kier alpha value is -0.930. The minimum Gasteiger partial charge on any atom is -0.385 e. The number of methoxy groups -OCH3 is 1. The number of ether oxygens (including phenoxy) is 1. The molecule has 0 fully saturated rings. The summed E-state index contributed by atoms with van der Waals surface area (Å²) in [6.45, 7) is 4.41. The maximum absolute atomic E-state index is 12.9. The lowest BCUT2D eigenvalue weighted by Crippen LogP contribution is -2.35. The van der Waals surface area contributed by atoms with Crippen molar-refractivity contribution in [1.29, 1.82) is 0 Å². The van der Waals surface area contributed by atoms with Crippen molar-refractivity contribution in [3.8, 4) is 0 Å². The minimum atomic E-state index is -0.464. The fourth-order valence-corrected chi connectivity index (χ4v) is 1.72. The second kappa shape index (κ2) is 4.73. The summed E-state index contributed by atoms with van der Waals surface area (Å²) >= 11 is 0. The van der Waals surface area contributed by atoms with E-state index in [0.29, 0.717) is 6.61 Å². The summed E-state index contributed by atoms with van der Waals surface area (Å²) in [6, 6.07) is 4.70. The molecule has 3 heteroatoms. The van der Waals surface area contributed by atoms with Crippen LogP contribution in [-0.2, 0) is 10.3 Å². The van der Waals surface area contributed by atoms with Gasteiger partial charge in [0.25, 0.3) is 0 Å². The van der Waals surface area contributed by atoms with Gasteiger partial charge in [-0.3, -0.25) is 0 Å². The lowest BCUT2D eigenvalue weighted by Gasteiger charge is -2.26. The third-order valence-corrected chi connectivity index (χ3v) is 2.63. The summed E-state index contributed by atoms with van der Waals surface area (Å²) in [5, 5.41) is 0. The normalized spacial score (nSPS) is 15.0. The molecule has 1 aromatic carbocycles. The number of halogens is 1. The average Bonchev–Trinajstić information content (AvgIpc) is 2.14. The molecule has 84 valence electrons. The molecule has 0 aliphatic carbocycles. The van der Waals surface area contributed by atoms with Gasteiger partial charge in [-0.2, -0.15) is 0 Å². The largest absolute Gasteiger partial charge is 0.385 e. The van der Waals surface area contributed by atoms with E-state index in [2.05, 4.69) is 0 Å². The van der Waals surface area contributed by atoms with Crippen molar-refractivity contribution in [1.82, 2.24) is 0 Å². The van der Waals surface area contributed by atoms with Crippen LogP contribution in [0.3, 0.4) is 0 Å². The van der Waals surface area contributed by atoms with E-state index in [4.69, 9.17) is 10.5 Å². The van der Waals surface area contributed by atoms with Gasteiger partial charge in [-0.25, -0.2) is 4.39 Å². The van der Waals surface area contributed by atoms with E-state index in [0.717, 1.165) is 17.5 Å². The van der Waals surface area contributed by atoms with Gasteiger partial charge in [0.2, 0.25) is 0 Å². The molecule has 0 heterocycles. The maximum atomic E-state index is 12.9. The van der Waals surface area contributed by atoms with E-state index in [-0.39, 0.29) is 5.82 Å². The van der Waals surface area contributed by atoms with Gasteiger partial charge in [-0.1, -0.05) is 6.07 Å². The molecule has 0 aliphatic heterocycles. The van der Waals surface area contributed by atoms with Gasteiger partial charge in [0.1, 0.15) is 5.82 Å². The average molecular weight is 211 g/mol. The first-order valence-electron chi connectivity index (χ1n) is 5.02. The van der Waals surface area contributed by atoms with Crippen LogP contribution in [0.4, 0.5) is 4.39 Å². The van der Waals surface area contributed by atoms with Gasteiger partial charge in [0.05, 0.1) is 0 Å². The summed E-state index contributed by atoms with van der Waals surface area (Å²) < 4.78 is 17.9. The van der Waals surface area contributed by atoms with Crippen molar-refractivity contribution < 1.29 is 9.13 Å². The molecular formula is C12H18FNO. The molecule has 1 rings (SSSR count). The van der Waals surface area contributed by atoms with E-state index in [1.807, 2.05) is 13.8 Å². The monoisotopic (exact) mass is 211 g/mol. The zero-order valence-corrected chi connectivity index (χ0v) is 9.51. The highest BCUT2D eigenvalue weighted by molar-refractivity contribution is 5.32. The smallest absolute Gasteiger partial charge is 0.123 e. The summed E-state index contributed by atoms with van der Waals surface area (Å²) in [6.07, 6.45) is 0.718. The predicted octanol–water partition coefficient (Wildman–Crippen LogP) is 2.34. The predicted molar refractivity (Wildman–Crippen MR) is 59.2 cm³/mol. The van der Waals surface area contributed by atoms with Crippen LogP contribution in [0.1, 0.15) is 24.5 Å². The van der Waals surface area contributed by atoms with Crippen LogP contribution in [0.15, 0.2) is 18.2 Å². The zero-order valence-electron chi connectivity index (χ0n) is 9.51. The quantitative estimate of drug-likeness (QED) is 0.829. The van der Waals surface area contributed by atoms with Crippen LogP contribution in [0, 0.1) is 12.7 Å². The third kappa shape index (κ3) is 3.01. The van der Waals surface area contributed by atoms with Gasteiger partial charge in [-0.05, 0) is 43.5 Å². The molecule has 1 aromatic rings. The van der Waals surface area contributed by atoms with Crippen molar-refractivity contribution in [2.75, 3.05) is 13.7 Å². The summed E-state index contributed by atoms with van der Waals surface area (Å²) in [4.78, 5) is 0. The fraction of sp³-hybridized carbons (Fsp3) is 0.500. The number of rotatable bonds is 4. The Morgan fingerprint density at radius 2 is 2.13 bits per heavy atom. The van der Waals surface area contributed by atoms with Crippen LogP contribution in [0.2, 0.25) is 0 Å². The fourth-order valence-electron chi connectivity index (χ4n) is 1.72. The zero-order chi connectivity index (χ0) is 11.5. The lowest BCUT2D eigenvalue weighted by atomic mass is 9.87. The number of aryl methyl sites for hydroxylation is 1. The molecule has 0 aromatic heterocycles. The minimum absolute atomic E-state index is 0.223. The summed E-state index contributed by atoms with van der Waals surface area (Å²) in [5.74, 6) is -0.223. The Bertz CT molecular complexity index is 336. The van der Waals surface area contributed by atoms with Gasteiger partial charge in [0.15, 0.2) is 0 Å². The topological polar surface area (TPSA) is 35.2 Å². The van der Waals surface area contributed by atoms with Crippen molar-refractivity contribution in [2.24, 2.45) is 5.73 Å². The third-order valence-electron chi connectivity index (χ3n) is 2.63. The molecule has 0 saturated carbocycles. The van der Waals surface area contributed by atoms with Crippen molar-refractivity contribution >= 4 is 0 Å². The molecule has 0 spiro atoms. The molecule has 0 amide bonds. The Morgan fingerprint density at radius 3 is 2.67 bits per heavy atom. The molecule has 2 N–H and O–H groups in total. The Morgan fingerprint density at radius 1 is 1.47 bits per heavy atom. The van der Waals surface area contributed by atoms with E-state index in [1.54, 1.807) is 13.2 Å². The second-order valence-corrected chi connectivity index (χ2v) is 4.12. The van der Waals surface area contributed by atoms with Crippen molar-refractivity contribution in [3.63, 3.8) is 0 Å². The first-order chi connectivity index (χ1) is 6.97. The van der Waals surface area contributed by atoms with Gasteiger partial charge < -0.3 is 10.5 Å². The molecule has 15 heavy (non-hydrogen) atoms. The molecule has 0 aliphatic rings. The molecule has 1 atom stereocenters. The number of hydrogen-bond donors (Lipinski definition) is 1. The lowest BCUT2D eigenvalue weighted by molar-refractivity contribution is 0.172. The molecule has 2 nitrogen and oxygen atoms in total. The van der Waals surface area contributed by atoms with Crippen LogP contribution in [-0.4, -0.2) is 13.7 Å². The number of benzene rings is 1. The van der Waals surface area contributed by atoms with Crippen molar-refractivity contribution in [2.45, 2.75) is 25.8 Å². The van der Waals surface area contributed by atoms with Crippen molar-refractivity contribution in [3.05, 3.63) is 35.1 Å². The Balaban J connectivity index is 2.93. The first kappa shape index (κ1) is 12.1. The highest BCUT2D eigenvalue weighted by Crippen LogP contribution is 2.25. The van der Waals surface area contributed by atoms with E-state index < -0.39 is 5.54 Å². The molecule has 1 unspecified atom stereocenters. The molecule has 0 saturated heterocycles. The Kier molecular flexibility index (Phi) is 3.83. The van der Waals surface area contributed by atoms with Gasteiger partial charge >= 0.3 is 0 Å². The SMILES string of the molecule is COCCC(C)(N)c1ccc(F)cc1C. The molecule has 0 bridgehead atoms. The summed E-state index contributed by atoms with van der Waals surface area (Å²) in [7, 11) is 1.65. The molecular weight excluding hydrogens is 193 g/mol. The van der Waals surface area contributed by atoms with E-state index in [9.17, 15) is 4.39 Å². The van der Waals surface area contributed by atoms with E-state index >= 15 is 0 Å². The number of nitrogens with two attached hydrogens (primary N) is 1. The standard InChI is InChI=1S/C12H18FNO/c1-9-8-10(13)4-5-11(9)12(2,14)6-7-15-3/h4-5,8H,6-7,14H2,1-3H3. The first-order valence-corrected chi connectivity index (χ1v) is 5.02. The van der Waals surface area contributed by atoms with Gasteiger partial charge in [0, 0.05) is 19.3 Å². The highest BCUT2D eigenvalue weighted by Gasteiger charge is 2.22. The van der Waals surface area contributed by atoms with E-state index in [1.165, 1.54) is 12.1 Å². The summed E-state index contributed by atoms with van der Waals surface area (Å²) in [5.41, 5.74) is 7.57. The molecule has 0 radical (unpaired) electrons. The van der Waals surface area contributed by atoms with Crippen LogP contribution >= 0.6 is 0 Å². The van der Waals surface area contributed by atoms with Crippen LogP contribution in [0.25, 0.3) is 0 Å². The maximum Gasteiger partial charge on any atom is 0.123 e. The van der Waals surface area contributed by atoms with Crippen LogP contribution < -0.4 is 5.73 Å². The highest BCUT2D eigenvalue weighted by atomic mass is 19.1. The number of hydrogen-bond acceptors (Lipinski definition) is 2. The Labute approximate surface area is 90.2 Å². The van der Waals surface area contributed by atoms with Crippen LogP contribution in [0.5, 0.6) is 0 Å².